The van der Waals surface area contributed by atoms with Crippen molar-refractivity contribution in [2.24, 2.45) is 0 Å². The summed E-state index contributed by atoms with van der Waals surface area (Å²) < 4.78 is 11.8. The molecule has 1 fully saturated rings. The van der Waals surface area contributed by atoms with Gasteiger partial charge in [0.2, 0.25) is 0 Å². The second-order valence-electron chi connectivity index (χ2n) is 8.99. The lowest BCUT2D eigenvalue weighted by molar-refractivity contribution is -0.120. The Balaban J connectivity index is 1.52. The molecule has 1 aliphatic rings. The van der Waals surface area contributed by atoms with Crippen LogP contribution in [0.25, 0.3) is 6.08 Å². The highest BCUT2D eigenvalue weighted by atomic mass is 32.1. The van der Waals surface area contributed by atoms with E-state index >= 15 is 0 Å². The maximum absolute atomic E-state index is 13.8. The Hall–Kier alpha value is -5.26. The van der Waals surface area contributed by atoms with Crippen molar-refractivity contribution in [1.29, 1.82) is 5.26 Å². The maximum atomic E-state index is 13.8. The summed E-state index contributed by atoms with van der Waals surface area (Å²) in [6.45, 7) is 2.40. The van der Waals surface area contributed by atoms with Gasteiger partial charge in [0.15, 0.2) is 16.6 Å². The Bertz CT molecular complexity index is 1620. The van der Waals surface area contributed by atoms with Crippen LogP contribution in [0.15, 0.2) is 109 Å². The van der Waals surface area contributed by atoms with Crippen molar-refractivity contribution >= 4 is 46.6 Å². The van der Waals surface area contributed by atoms with Gasteiger partial charge < -0.3 is 9.47 Å². The van der Waals surface area contributed by atoms with Crippen LogP contribution in [0.3, 0.4) is 0 Å². The van der Waals surface area contributed by atoms with Gasteiger partial charge in [-0.3, -0.25) is 19.4 Å². The van der Waals surface area contributed by atoms with E-state index in [0.717, 1.165) is 5.56 Å². The number of amides is 2. The van der Waals surface area contributed by atoms with E-state index in [9.17, 15) is 14.9 Å². The zero-order valence-electron chi connectivity index (χ0n) is 22.2. The van der Waals surface area contributed by atoms with Gasteiger partial charge in [0.05, 0.1) is 29.6 Å². The number of anilines is 2. The van der Waals surface area contributed by atoms with Gasteiger partial charge in [0, 0.05) is 5.56 Å². The molecule has 1 saturated heterocycles. The Morgan fingerprint density at radius 2 is 1.37 bits per heavy atom. The number of hydrogen-bond donors (Lipinski definition) is 0. The Kier molecular flexibility index (Phi) is 8.18. The molecule has 0 unspecified atom stereocenters. The number of thiocarbonyl (C=S) groups is 1. The normalized spacial score (nSPS) is 13.2. The molecular weight excluding hydrogens is 534 g/mol. The molecule has 4 aromatic rings. The standard InChI is InChI=1S/C33H25N3O4S/c1-2-39-30-20-23(17-18-29(30)40-22-25-12-10-9-11-24(25)21-34)19-28-31(37)35(26-13-5-3-6-14-26)33(41)36(32(28)38)27-15-7-4-8-16-27/h3-20H,2,22H2,1H3. The smallest absolute Gasteiger partial charge is 0.270 e. The molecule has 0 aromatic heterocycles. The van der Waals surface area contributed by atoms with Crippen LogP contribution in [0, 0.1) is 11.3 Å². The minimum Gasteiger partial charge on any atom is -0.490 e. The summed E-state index contributed by atoms with van der Waals surface area (Å²) in [5.41, 5.74) is 2.91. The quantitative estimate of drug-likeness (QED) is 0.143. The highest BCUT2D eigenvalue weighted by Gasteiger charge is 2.41. The number of hydrogen-bond acceptors (Lipinski definition) is 6. The van der Waals surface area contributed by atoms with Crippen molar-refractivity contribution in [1.82, 2.24) is 0 Å². The van der Waals surface area contributed by atoms with E-state index in [0.29, 0.717) is 40.6 Å². The van der Waals surface area contributed by atoms with Gasteiger partial charge in [0.25, 0.3) is 11.8 Å². The minimum atomic E-state index is -0.523. The molecule has 0 saturated carbocycles. The third-order valence-corrected chi connectivity index (χ3v) is 6.74. The monoisotopic (exact) mass is 559 g/mol. The van der Waals surface area contributed by atoms with Crippen LogP contribution in [-0.2, 0) is 16.2 Å². The van der Waals surface area contributed by atoms with E-state index in [1.54, 1.807) is 78.9 Å². The second kappa shape index (κ2) is 12.3. The summed E-state index contributed by atoms with van der Waals surface area (Å²) in [5.74, 6) is -0.127. The Morgan fingerprint density at radius 1 is 0.780 bits per heavy atom. The van der Waals surface area contributed by atoms with Crippen LogP contribution in [-0.4, -0.2) is 23.5 Å². The molecule has 1 heterocycles. The summed E-state index contributed by atoms with van der Waals surface area (Å²) in [6.07, 6.45) is 1.54. The Morgan fingerprint density at radius 3 is 1.95 bits per heavy atom. The molecule has 2 amide bonds. The first-order valence-corrected chi connectivity index (χ1v) is 13.3. The van der Waals surface area contributed by atoms with E-state index in [4.69, 9.17) is 21.7 Å². The lowest BCUT2D eigenvalue weighted by atomic mass is 10.0. The average molecular weight is 560 g/mol. The maximum Gasteiger partial charge on any atom is 0.270 e. The van der Waals surface area contributed by atoms with Crippen LogP contribution in [0.4, 0.5) is 11.4 Å². The van der Waals surface area contributed by atoms with Gasteiger partial charge in [0.1, 0.15) is 12.2 Å². The molecule has 0 N–H and O–H groups in total. The second-order valence-corrected chi connectivity index (χ2v) is 9.35. The van der Waals surface area contributed by atoms with Crippen molar-refractivity contribution in [3.05, 3.63) is 125 Å². The third-order valence-electron chi connectivity index (χ3n) is 6.38. The molecule has 8 heteroatoms. The van der Waals surface area contributed by atoms with E-state index < -0.39 is 11.8 Å². The van der Waals surface area contributed by atoms with E-state index in [-0.39, 0.29) is 17.3 Å². The first kappa shape index (κ1) is 27.3. The SMILES string of the molecule is CCOc1cc(C=C2C(=O)N(c3ccccc3)C(=S)N(c3ccccc3)C2=O)ccc1OCc1ccccc1C#N. The van der Waals surface area contributed by atoms with Gasteiger partial charge in [-0.15, -0.1) is 0 Å². The predicted octanol–water partition coefficient (Wildman–Crippen LogP) is 6.28. The highest BCUT2D eigenvalue weighted by Crippen LogP contribution is 2.33. The van der Waals surface area contributed by atoms with Crippen LogP contribution in [0.1, 0.15) is 23.6 Å². The van der Waals surface area contributed by atoms with Crippen molar-refractivity contribution < 1.29 is 19.1 Å². The largest absolute Gasteiger partial charge is 0.490 e. The summed E-state index contributed by atoms with van der Waals surface area (Å²) in [5, 5.41) is 9.46. The predicted molar refractivity (Wildman–Crippen MR) is 162 cm³/mol. The van der Waals surface area contributed by atoms with Gasteiger partial charge in [-0.2, -0.15) is 5.26 Å². The van der Waals surface area contributed by atoms with Crippen molar-refractivity contribution in [2.75, 3.05) is 16.4 Å². The Labute approximate surface area is 243 Å². The average Bonchev–Trinajstić information content (AvgIpc) is 3.00. The molecule has 0 atom stereocenters. The molecule has 0 spiro atoms. The number of nitriles is 1. The molecule has 41 heavy (non-hydrogen) atoms. The molecule has 0 bridgehead atoms. The summed E-state index contributed by atoms with van der Waals surface area (Å²) in [4.78, 5) is 30.3. The lowest BCUT2D eigenvalue weighted by Gasteiger charge is -2.36. The minimum absolute atomic E-state index is 0.0506. The van der Waals surface area contributed by atoms with Gasteiger partial charge >= 0.3 is 0 Å². The lowest BCUT2D eigenvalue weighted by Crippen LogP contribution is -2.56. The van der Waals surface area contributed by atoms with E-state index in [1.165, 1.54) is 15.9 Å². The zero-order chi connectivity index (χ0) is 28.8. The zero-order valence-corrected chi connectivity index (χ0v) is 23.0. The van der Waals surface area contributed by atoms with Crippen molar-refractivity contribution in [3.8, 4) is 17.6 Å². The summed E-state index contributed by atoms with van der Waals surface area (Å²) >= 11 is 5.67. The number of benzene rings is 4. The van der Waals surface area contributed by atoms with Gasteiger partial charge in [-0.1, -0.05) is 60.7 Å². The summed E-state index contributed by atoms with van der Waals surface area (Å²) in [6, 6.07) is 32.5. The van der Waals surface area contributed by atoms with Crippen LogP contribution in [0.2, 0.25) is 0 Å². The highest BCUT2D eigenvalue weighted by molar-refractivity contribution is 7.81. The molecule has 4 aromatic carbocycles. The molecule has 5 rings (SSSR count). The fourth-order valence-electron chi connectivity index (χ4n) is 4.42. The van der Waals surface area contributed by atoms with E-state index in [1.807, 2.05) is 31.2 Å². The van der Waals surface area contributed by atoms with Crippen molar-refractivity contribution in [3.63, 3.8) is 0 Å². The molecule has 0 aliphatic carbocycles. The number of nitrogens with zero attached hydrogens (tertiary/aromatic N) is 3. The van der Waals surface area contributed by atoms with Gasteiger partial charge in [-0.05, 0) is 73.2 Å². The third kappa shape index (κ3) is 5.71. The fraction of sp³-hybridized carbons (Fsp3) is 0.0909. The molecule has 202 valence electrons. The fourth-order valence-corrected chi connectivity index (χ4v) is 4.80. The molecule has 7 nitrogen and oxygen atoms in total. The van der Waals surface area contributed by atoms with Gasteiger partial charge in [-0.25, -0.2) is 0 Å². The van der Waals surface area contributed by atoms with Crippen LogP contribution < -0.4 is 19.3 Å². The molecular formula is C33H25N3O4S. The van der Waals surface area contributed by atoms with Crippen LogP contribution >= 0.6 is 12.2 Å². The topological polar surface area (TPSA) is 82.9 Å². The molecule has 1 aliphatic heterocycles. The first-order chi connectivity index (χ1) is 20.0. The number of ether oxygens (including phenoxy) is 2. The molecule has 0 radical (unpaired) electrons. The summed E-state index contributed by atoms with van der Waals surface area (Å²) in [7, 11) is 0. The van der Waals surface area contributed by atoms with Crippen LogP contribution in [0.5, 0.6) is 11.5 Å². The first-order valence-electron chi connectivity index (χ1n) is 12.9. The number of carbonyl (C=O) groups is 2. The number of para-hydroxylation sites is 2. The van der Waals surface area contributed by atoms with E-state index in [2.05, 4.69) is 6.07 Å². The number of rotatable bonds is 8. The van der Waals surface area contributed by atoms with Crippen molar-refractivity contribution in [2.45, 2.75) is 13.5 Å². The number of carbonyl (C=O) groups excluding carboxylic acids is 2.